The van der Waals surface area contributed by atoms with Crippen molar-refractivity contribution in [2.24, 2.45) is 0 Å². The second kappa shape index (κ2) is 8.34. The van der Waals surface area contributed by atoms with Gasteiger partial charge in [0, 0.05) is 5.02 Å². The van der Waals surface area contributed by atoms with Crippen LogP contribution in [-0.2, 0) is 6.54 Å². The summed E-state index contributed by atoms with van der Waals surface area (Å²) < 4.78 is 3.42. The summed E-state index contributed by atoms with van der Waals surface area (Å²) in [7, 11) is 0. The van der Waals surface area contributed by atoms with Crippen LogP contribution >= 0.6 is 34.8 Å². The van der Waals surface area contributed by atoms with Gasteiger partial charge >= 0.3 is 0 Å². The number of hydrogen-bond acceptors (Lipinski definition) is 4. The molecule has 172 valence electrons. The lowest BCUT2D eigenvalue weighted by Gasteiger charge is -2.12. The zero-order valence-corrected chi connectivity index (χ0v) is 20.6. The van der Waals surface area contributed by atoms with Crippen molar-refractivity contribution in [3.8, 4) is 5.69 Å². The summed E-state index contributed by atoms with van der Waals surface area (Å²) in [4.78, 5) is 28.5. The number of aryl methyl sites for hydroxylation is 1. The summed E-state index contributed by atoms with van der Waals surface area (Å²) in [5.41, 5.74) is 4.10. The van der Waals surface area contributed by atoms with Crippen LogP contribution in [0.2, 0.25) is 15.1 Å². The standard InChI is InChI=1S/C26H16Cl3N5O/c1-14-30-24-22(26(35)33(14)13-15-6-2-3-7-17(15)27)23-25(32-21-9-5-4-8-20(21)31-23)34(24)16-10-11-18(28)19(29)12-16/h2-12H,13H2,1H3. The molecule has 0 saturated carbocycles. The predicted molar refractivity (Wildman–Crippen MR) is 141 cm³/mol. The third-order valence-electron chi connectivity index (χ3n) is 6.00. The lowest BCUT2D eigenvalue weighted by Crippen LogP contribution is -2.24. The molecule has 0 aliphatic heterocycles. The summed E-state index contributed by atoms with van der Waals surface area (Å²) in [6.45, 7) is 2.08. The molecule has 9 heteroatoms. The SMILES string of the molecule is Cc1nc2c(c(=O)n1Cc1ccccc1Cl)c1nc3ccccc3nc1n2-c1ccc(Cl)c(Cl)c1. The van der Waals surface area contributed by atoms with Crippen LogP contribution in [0.25, 0.3) is 38.9 Å². The number of benzene rings is 3. The summed E-state index contributed by atoms with van der Waals surface area (Å²) in [5.74, 6) is 0.538. The minimum Gasteiger partial charge on any atom is -0.292 e. The maximum absolute atomic E-state index is 13.9. The van der Waals surface area contributed by atoms with Gasteiger partial charge in [-0.2, -0.15) is 0 Å². The first kappa shape index (κ1) is 22.0. The first-order chi connectivity index (χ1) is 16.9. The Kier molecular flexibility index (Phi) is 5.25. The highest BCUT2D eigenvalue weighted by molar-refractivity contribution is 6.42. The van der Waals surface area contributed by atoms with Crippen LogP contribution < -0.4 is 5.56 Å². The van der Waals surface area contributed by atoms with Gasteiger partial charge in [-0.1, -0.05) is 65.1 Å². The Bertz CT molecular complexity index is 1860. The Labute approximate surface area is 214 Å². The van der Waals surface area contributed by atoms with Gasteiger partial charge in [-0.3, -0.25) is 13.9 Å². The van der Waals surface area contributed by atoms with E-state index in [9.17, 15) is 4.79 Å². The first-order valence-corrected chi connectivity index (χ1v) is 11.9. The lowest BCUT2D eigenvalue weighted by atomic mass is 10.2. The van der Waals surface area contributed by atoms with Crippen molar-refractivity contribution in [1.29, 1.82) is 0 Å². The van der Waals surface area contributed by atoms with Gasteiger partial charge in [0.2, 0.25) is 0 Å². The molecule has 0 radical (unpaired) electrons. The molecule has 0 saturated heterocycles. The molecule has 0 fully saturated rings. The van der Waals surface area contributed by atoms with Crippen LogP contribution in [0.5, 0.6) is 0 Å². The average Bonchev–Trinajstić information content (AvgIpc) is 3.16. The third-order valence-corrected chi connectivity index (χ3v) is 7.11. The molecule has 0 aliphatic rings. The largest absolute Gasteiger partial charge is 0.292 e. The topological polar surface area (TPSA) is 65.6 Å². The van der Waals surface area contributed by atoms with E-state index in [0.29, 0.717) is 59.8 Å². The zero-order chi connectivity index (χ0) is 24.3. The first-order valence-electron chi connectivity index (χ1n) is 10.8. The van der Waals surface area contributed by atoms with Crippen LogP contribution in [0.15, 0.2) is 71.5 Å². The molecular weight excluding hydrogens is 505 g/mol. The number of aromatic nitrogens is 5. The Morgan fingerprint density at radius 3 is 2.23 bits per heavy atom. The normalized spacial score (nSPS) is 11.7. The van der Waals surface area contributed by atoms with E-state index >= 15 is 0 Å². The highest BCUT2D eigenvalue weighted by Crippen LogP contribution is 2.31. The molecule has 6 aromatic rings. The summed E-state index contributed by atoms with van der Waals surface area (Å²) >= 11 is 18.9. The Hall–Kier alpha value is -3.45. The van der Waals surface area contributed by atoms with Crippen molar-refractivity contribution in [2.75, 3.05) is 0 Å². The van der Waals surface area contributed by atoms with Crippen LogP contribution in [0, 0.1) is 6.92 Å². The second-order valence-corrected chi connectivity index (χ2v) is 9.38. The maximum Gasteiger partial charge on any atom is 0.265 e. The van der Waals surface area contributed by atoms with E-state index in [-0.39, 0.29) is 12.1 Å². The molecule has 0 aliphatic carbocycles. The fourth-order valence-corrected chi connectivity index (χ4v) is 4.77. The molecule has 3 aromatic heterocycles. The van der Waals surface area contributed by atoms with Gasteiger partial charge in [0.1, 0.15) is 16.7 Å². The number of rotatable bonds is 3. The molecule has 6 nitrogen and oxygen atoms in total. The van der Waals surface area contributed by atoms with Crippen LogP contribution in [-0.4, -0.2) is 24.1 Å². The van der Waals surface area contributed by atoms with Gasteiger partial charge in [-0.25, -0.2) is 15.0 Å². The van der Waals surface area contributed by atoms with E-state index in [1.54, 1.807) is 34.3 Å². The molecular formula is C26H16Cl3N5O. The number of nitrogens with zero attached hydrogens (tertiary/aromatic N) is 5. The van der Waals surface area contributed by atoms with Crippen molar-refractivity contribution >= 4 is 68.0 Å². The monoisotopic (exact) mass is 519 g/mol. The fraction of sp³-hybridized carbons (Fsp3) is 0.0769. The Morgan fingerprint density at radius 2 is 1.49 bits per heavy atom. The summed E-state index contributed by atoms with van der Waals surface area (Å²) in [6.07, 6.45) is 0. The molecule has 0 spiro atoms. The second-order valence-electron chi connectivity index (χ2n) is 8.16. The van der Waals surface area contributed by atoms with E-state index in [2.05, 4.69) is 0 Å². The lowest BCUT2D eigenvalue weighted by molar-refractivity contribution is 0.711. The quantitative estimate of drug-likeness (QED) is 0.264. The van der Waals surface area contributed by atoms with Crippen molar-refractivity contribution < 1.29 is 0 Å². The maximum atomic E-state index is 13.9. The molecule has 0 bridgehead atoms. The molecule has 3 aromatic carbocycles. The van der Waals surface area contributed by atoms with Crippen LogP contribution in [0.3, 0.4) is 0 Å². The minimum absolute atomic E-state index is 0.221. The van der Waals surface area contributed by atoms with E-state index < -0.39 is 0 Å². The number of fused-ring (bicyclic) bond motifs is 4. The van der Waals surface area contributed by atoms with E-state index in [1.807, 2.05) is 48.5 Å². The number of para-hydroxylation sites is 2. The molecule has 35 heavy (non-hydrogen) atoms. The van der Waals surface area contributed by atoms with E-state index in [0.717, 1.165) is 5.56 Å². The number of halogens is 3. The van der Waals surface area contributed by atoms with E-state index in [1.165, 1.54) is 0 Å². The Balaban J connectivity index is 1.73. The van der Waals surface area contributed by atoms with Crippen molar-refractivity contribution in [1.82, 2.24) is 24.1 Å². The van der Waals surface area contributed by atoms with Crippen molar-refractivity contribution in [2.45, 2.75) is 13.5 Å². The highest BCUT2D eigenvalue weighted by Gasteiger charge is 2.23. The van der Waals surface area contributed by atoms with Gasteiger partial charge in [-0.05, 0) is 48.9 Å². The smallest absolute Gasteiger partial charge is 0.265 e. The van der Waals surface area contributed by atoms with Gasteiger partial charge in [-0.15, -0.1) is 0 Å². The van der Waals surface area contributed by atoms with Gasteiger partial charge in [0.05, 0.1) is 33.3 Å². The summed E-state index contributed by atoms with van der Waals surface area (Å²) in [6, 6.07) is 20.2. The van der Waals surface area contributed by atoms with Crippen molar-refractivity contribution in [3.63, 3.8) is 0 Å². The molecule has 3 heterocycles. The van der Waals surface area contributed by atoms with Gasteiger partial charge < -0.3 is 0 Å². The highest BCUT2D eigenvalue weighted by atomic mass is 35.5. The van der Waals surface area contributed by atoms with Gasteiger partial charge in [0.25, 0.3) is 5.56 Å². The average molecular weight is 521 g/mol. The predicted octanol–water partition coefficient (Wildman–Crippen LogP) is 6.60. The minimum atomic E-state index is -0.221. The van der Waals surface area contributed by atoms with Crippen LogP contribution in [0.1, 0.15) is 11.4 Å². The number of hydrogen-bond donors (Lipinski definition) is 0. The Morgan fingerprint density at radius 1 is 0.771 bits per heavy atom. The molecule has 0 atom stereocenters. The molecule has 0 amide bonds. The molecule has 0 N–H and O–H groups in total. The fourth-order valence-electron chi connectivity index (χ4n) is 4.28. The van der Waals surface area contributed by atoms with Crippen LogP contribution in [0.4, 0.5) is 0 Å². The molecule has 0 unspecified atom stereocenters. The van der Waals surface area contributed by atoms with Gasteiger partial charge in [0.15, 0.2) is 11.3 Å². The van der Waals surface area contributed by atoms with E-state index in [4.69, 9.17) is 49.8 Å². The summed E-state index contributed by atoms with van der Waals surface area (Å²) in [5, 5.41) is 1.78. The molecule has 6 rings (SSSR count). The zero-order valence-electron chi connectivity index (χ0n) is 18.3. The third kappa shape index (κ3) is 3.57. The van der Waals surface area contributed by atoms with Crippen molar-refractivity contribution in [3.05, 3.63) is 104 Å².